The number of hydrogen-bond acceptors (Lipinski definition) is 3. The fourth-order valence-electron chi connectivity index (χ4n) is 6.93. The van der Waals surface area contributed by atoms with Crippen molar-refractivity contribution >= 4 is 60.0 Å². The average molecular weight is 810 g/mol. The number of furan rings is 1. The van der Waals surface area contributed by atoms with E-state index in [1.165, 1.54) is 38.1 Å². The fourth-order valence-corrected chi connectivity index (χ4v) is 6.93. The van der Waals surface area contributed by atoms with E-state index < -0.39 is 0 Å². The second-order valence-electron chi connectivity index (χ2n) is 13.3. The van der Waals surface area contributed by atoms with Crippen molar-refractivity contribution in [2.75, 3.05) is 0 Å². The number of fused-ring (bicyclic) bond motifs is 10. The smallest absolute Gasteiger partial charge is 0.145 e. The van der Waals surface area contributed by atoms with Crippen LogP contribution in [0.15, 0.2) is 138 Å². The molecule has 5 heteroatoms. The third-order valence-corrected chi connectivity index (χ3v) is 9.29. The summed E-state index contributed by atoms with van der Waals surface area (Å²) in [6.07, 6.45) is 3.62. The van der Waals surface area contributed by atoms with Crippen molar-refractivity contribution < 1.29 is 24.5 Å². The standard InChI is InChI=1S/C33H23N2O.C11H8N.Ir/c1-33(2,3)20-12-14-28-25(17-20)30-31-23(18-24-21-8-4-5-10-29(21)36-32(24)30)22-16-19(11-13-27(22)35(28)31)26-9-6-7-15-34-26;1-2-6-10(7-3-1)11-8-4-5-9-12-11;/h4-10,12-18H,1-3H3;1-6,8-9H;/q2*-1;. The first kappa shape index (κ1) is 30.9. The Bertz CT molecular complexity index is 2710. The zero-order chi connectivity index (χ0) is 32.4. The maximum Gasteiger partial charge on any atom is 0.145 e. The van der Waals surface area contributed by atoms with Crippen LogP contribution >= 0.6 is 0 Å². The molecule has 5 aromatic carbocycles. The first-order chi connectivity index (χ1) is 23.5. The van der Waals surface area contributed by atoms with Crippen LogP contribution in [-0.2, 0) is 25.5 Å². The van der Waals surface area contributed by atoms with Gasteiger partial charge in [0, 0.05) is 54.2 Å². The zero-order valence-corrected chi connectivity index (χ0v) is 29.7. The van der Waals surface area contributed by atoms with Crippen molar-refractivity contribution in [2.24, 2.45) is 0 Å². The normalized spacial score (nSPS) is 11.8. The van der Waals surface area contributed by atoms with E-state index in [4.69, 9.17) is 4.42 Å². The maximum absolute atomic E-state index is 6.56. The second-order valence-corrected chi connectivity index (χ2v) is 13.3. The first-order valence-corrected chi connectivity index (χ1v) is 16.2. The van der Waals surface area contributed by atoms with Crippen molar-refractivity contribution in [1.29, 1.82) is 0 Å². The van der Waals surface area contributed by atoms with E-state index in [-0.39, 0.29) is 25.5 Å². The molecule has 49 heavy (non-hydrogen) atoms. The van der Waals surface area contributed by atoms with Crippen molar-refractivity contribution in [3.8, 4) is 22.5 Å². The monoisotopic (exact) mass is 810 g/mol. The Labute approximate surface area is 297 Å². The molecule has 1 radical (unpaired) electrons. The minimum absolute atomic E-state index is 0. The van der Waals surface area contributed by atoms with Gasteiger partial charge in [0.25, 0.3) is 0 Å². The van der Waals surface area contributed by atoms with Gasteiger partial charge in [0.2, 0.25) is 0 Å². The van der Waals surface area contributed by atoms with Crippen LogP contribution in [-0.4, -0.2) is 14.4 Å². The van der Waals surface area contributed by atoms with Gasteiger partial charge in [0.05, 0.1) is 10.9 Å². The topological polar surface area (TPSA) is 43.3 Å². The van der Waals surface area contributed by atoms with Gasteiger partial charge in [-0.2, -0.15) is 0 Å². The molecule has 5 aromatic heterocycles. The molecule has 239 valence electrons. The summed E-state index contributed by atoms with van der Waals surface area (Å²) in [6, 6.07) is 48.3. The van der Waals surface area contributed by atoms with E-state index in [0.29, 0.717) is 0 Å². The Morgan fingerprint density at radius 1 is 0.612 bits per heavy atom. The maximum atomic E-state index is 6.56. The zero-order valence-electron chi connectivity index (χ0n) is 27.3. The van der Waals surface area contributed by atoms with Crippen LogP contribution in [0.4, 0.5) is 0 Å². The molecule has 0 fully saturated rings. The molecule has 5 heterocycles. The summed E-state index contributed by atoms with van der Waals surface area (Å²) in [5, 5.41) is 7.19. The van der Waals surface area contributed by atoms with Gasteiger partial charge in [-0.05, 0) is 69.7 Å². The van der Waals surface area contributed by atoms with E-state index in [2.05, 4.69) is 102 Å². The van der Waals surface area contributed by atoms with Crippen molar-refractivity contribution in [3.63, 3.8) is 0 Å². The van der Waals surface area contributed by atoms with Crippen LogP contribution in [0.3, 0.4) is 0 Å². The fraction of sp³-hybridized carbons (Fsp3) is 0.0909. The van der Waals surface area contributed by atoms with Gasteiger partial charge in [0.15, 0.2) is 0 Å². The Morgan fingerprint density at radius 3 is 2.06 bits per heavy atom. The van der Waals surface area contributed by atoms with Crippen molar-refractivity contribution in [3.05, 3.63) is 151 Å². The predicted molar refractivity (Wildman–Crippen MR) is 198 cm³/mol. The first-order valence-electron chi connectivity index (χ1n) is 16.2. The third-order valence-electron chi connectivity index (χ3n) is 9.29. The third kappa shape index (κ3) is 5.09. The van der Waals surface area contributed by atoms with Crippen LogP contribution in [0.2, 0.25) is 0 Å². The summed E-state index contributed by atoms with van der Waals surface area (Å²) in [6.45, 7) is 6.81. The SMILES string of the molecule is CC(C)(C)c1ccc2c(c1)c1c3oc4ccccc4c3cc3c4cc(-c5ccccn5)[c-]cc4n2c31.[Ir].[c-]1ccccc1-c1ccccn1. The number of nitrogens with zero attached hydrogens (tertiary/aromatic N) is 3. The van der Waals surface area contributed by atoms with Gasteiger partial charge in [0.1, 0.15) is 11.2 Å². The van der Waals surface area contributed by atoms with Crippen LogP contribution in [0.1, 0.15) is 26.3 Å². The number of para-hydroxylation sites is 1. The van der Waals surface area contributed by atoms with Gasteiger partial charge >= 0.3 is 0 Å². The van der Waals surface area contributed by atoms with E-state index in [1.54, 1.807) is 6.20 Å². The average Bonchev–Trinajstić information content (AvgIpc) is 3.78. The molecular weight excluding hydrogens is 779 g/mol. The molecule has 0 atom stereocenters. The van der Waals surface area contributed by atoms with Crippen LogP contribution in [0.25, 0.3) is 82.5 Å². The minimum atomic E-state index is 0. The van der Waals surface area contributed by atoms with Crippen LogP contribution in [0, 0.1) is 12.1 Å². The van der Waals surface area contributed by atoms with E-state index >= 15 is 0 Å². The molecule has 0 saturated carbocycles. The Morgan fingerprint density at radius 2 is 1.35 bits per heavy atom. The molecule has 10 aromatic rings. The predicted octanol–water partition coefficient (Wildman–Crippen LogP) is 11.4. The van der Waals surface area contributed by atoms with Gasteiger partial charge < -0.3 is 18.8 Å². The summed E-state index contributed by atoms with van der Waals surface area (Å²) in [7, 11) is 0. The van der Waals surface area contributed by atoms with Crippen LogP contribution < -0.4 is 0 Å². The van der Waals surface area contributed by atoms with E-state index in [1.807, 2.05) is 72.9 Å². The summed E-state index contributed by atoms with van der Waals surface area (Å²) >= 11 is 0. The number of rotatable bonds is 2. The van der Waals surface area contributed by atoms with E-state index in [0.717, 1.165) is 50.0 Å². The molecule has 0 aliphatic carbocycles. The quantitative estimate of drug-likeness (QED) is 0.163. The van der Waals surface area contributed by atoms with E-state index in [9.17, 15) is 0 Å². The number of hydrogen-bond donors (Lipinski definition) is 0. The number of pyridine rings is 2. The molecule has 0 saturated heterocycles. The summed E-state index contributed by atoms with van der Waals surface area (Å²) in [5.74, 6) is 0. The summed E-state index contributed by atoms with van der Waals surface area (Å²) in [5.41, 5.74) is 10.8. The largest absolute Gasteiger partial charge is 0.455 e. The molecule has 4 nitrogen and oxygen atoms in total. The summed E-state index contributed by atoms with van der Waals surface area (Å²) in [4.78, 5) is 8.79. The van der Waals surface area contributed by atoms with Crippen molar-refractivity contribution in [1.82, 2.24) is 14.4 Å². The molecule has 0 bridgehead atoms. The molecule has 0 spiro atoms. The number of benzene rings is 5. The Hall–Kier alpha value is -5.35. The Kier molecular flexibility index (Phi) is 7.55. The second kappa shape index (κ2) is 12.0. The minimum Gasteiger partial charge on any atom is -0.455 e. The molecule has 0 aliphatic rings. The van der Waals surface area contributed by atoms with Gasteiger partial charge in [-0.15, -0.1) is 59.7 Å². The Balaban J connectivity index is 0.000000228. The van der Waals surface area contributed by atoms with Gasteiger partial charge in [-0.1, -0.05) is 74.7 Å². The number of aromatic nitrogens is 3. The molecule has 0 aliphatic heterocycles. The molecule has 0 unspecified atom stereocenters. The van der Waals surface area contributed by atoms with Gasteiger partial charge in [-0.3, -0.25) is 0 Å². The van der Waals surface area contributed by atoms with Crippen molar-refractivity contribution in [2.45, 2.75) is 26.2 Å². The molecule has 0 N–H and O–H groups in total. The molecule has 0 amide bonds. The van der Waals surface area contributed by atoms with Gasteiger partial charge in [-0.25, -0.2) is 0 Å². The summed E-state index contributed by atoms with van der Waals surface area (Å²) < 4.78 is 8.95. The molecular formula is C44H31IrN3O-2. The van der Waals surface area contributed by atoms with Crippen LogP contribution in [0.5, 0.6) is 0 Å². The molecule has 10 rings (SSSR count).